The number of carbonyl (C=O) groups is 2. The summed E-state index contributed by atoms with van der Waals surface area (Å²) in [5.41, 5.74) is 2.65. The van der Waals surface area contributed by atoms with Crippen molar-refractivity contribution < 1.29 is 14.7 Å². The summed E-state index contributed by atoms with van der Waals surface area (Å²) in [5.74, 6) is -1.07. The minimum atomic E-state index is -1.07. The molecule has 2 amide bonds. The van der Waals surface area contributed by atoms with Crippen LogP contribution in [0.25, 0.3) is 0 Å². The minimum Gasteiger partial charge on any atom is -0.478 e. The number of hydrogen-bond donors (Lipinski definition) is 3. The van der Waals surface area contributed by atoms with Gasteiger partial charge in [-0.25, -0.2) is 9.59 Å². The molecule has 0 bridgehead atoms. The molecule has 0 unspecified atom stereocenters. The molecule has 2 rings (SSSR count). The monoisotopic (exact) mass is 291 g/mol. The maximum atomic E-state index is 11.8. The van der Waals surface area contributed by atoms with Crippen molar-refractivity contribution in [1.82, 2.24) is 10.3 Å². The summed E-state index contributed by atoms with van der Waals surface area (Å²) >= 11 is 1.43. The molecule has 0 saturated heterocycles. The van der Waals surface area contributed by atoms with E-state index in [1.165, 1.54) is 11.3 Å². The van der Waals surface area contributed by atoms with Crippen LogP contribution in [-0.2, 0) is 6.54 Å². The number of nitrogens with one attached hydrogen (secondary N) is 2. The molecule has 0 radical (unpaired) electrons. The highest BCUT2D eigenvalue weighted by Crippen LogP contribution is 2.19. The van der Waals surface area contributed by atoms with Crippen LogP contribution in [0.1, 0.15) is 20.8 Å². The topological polar surface area (TPSA) is 91.3 Å². The van der Waals surface area contributed by atoms with E-state index >= 15 is 0 Å². The van der Waals surface area contributed by atoms with Crippen molar-refractivity contribution in [2.75, 3.05) is 5.32 Å². The van der Waals surface area contributed by atoms with E-state index in [9.17, 15) is 9.59 Å². The molecule has 0 aliphatic rings. The first-order valence-corrected chi connectivity index (χ1v) is 6.71. The highest BCUT2D eigenvalue weighted by atomic mass is 32.1. The molecule has 3 N–H and O–H groups in total. The van der Waals surface area contributed by atoms with E-state index in [0.29, 0.717) is 12.1 Å². The Morgan fingerprint density at radius 3 is 2.85 bits per heavy atom. The largest absolute Gasteiger partial charge is 0.478 e. The number of carbonyl (C=O) groups excluding carboxylic acids is 1. The van der Waals surface area contributed by atoms with Crippen LogP contribution in [0.2, 0.25) is 0 Å². The van der Waals surface area contributed by atoms with Crippen molar-refractivity contribution in [3.63, 3.8) is 0 Å². The number of aromatic carboxylic acids is 1. The fourth-order valence-electron chi connectivity index (χ4n) is 1.72. The Kier molecular flexibility index (Phi) is 4.31. The molecule has 20 heavy (non-hydrogen) atoms. The van der Waals surface area contributed by atoms with Crippen LogP contribution in [0, 0.1) is 6.92 Å². The Labute approximate surface area is 119 Å². The summed E-state index contributed by atoms with van der Waals surface area (Å²) in [4.78, 5) is 27.8. The molecule has 0 saturated carbocycles. The number of urea groups is 1. The fraction of sp³-hybridized carbons (Fsp3) is 0.154. The summed E-state index contributed by atoms with van der Waals surface area (Å²) in [6.07, 6.45) is 1.67. The maximum Gasteiger partial charge on any atom is 0.338 e. The number of hydrogen-bond acceptors (Lipinski definition) is 4. The first-order chi connectivity index (χ1) is 9.58. The third-order valence-electron chi connectivity index (χ3n) is 2.64. The van der Waals surface area contributed by atoms with Crippen molar-refractivity contribution in [2.45, 2.75) is 13.5 Å². The molecule has 2 aromatic rings. The number of thiazole rings is 1. The van der Waals surface area contributed by atoms with E-state index in [1.807, 2.05) is 0 Å². The Morgan fingerprint density at radius 1 is 1.40 bits per heavy atom. The molecule has 0 spiro atoms. The minimum absolute atomic E-state index is 0.0976. The van der Waals surface area contributed by atoms with Crippen LogP contribution in [0.15, 0.2) is 29.9 Å². The number of carboxylic acid groups (broad SMARTS) is 1. The number of nitrogens with zero attached hydrogens (tertiary/aromatic N) is 1. The van der Waals surface area contributed by atoms with Gasteiger partial charge in [-0.05, 0) is 18.6 Å². The van der Waals surface area contributed by atoms with Gasteiger partial charge in [-0.3, -0.25) is 4.98 Å². The van der Waals surface area contributed by atoms with E-state index in [2.05, 4.69) is 15.6 Å². The van der Waals surface area contributed by atoms with Gasteiger partial charge in [0.15, 0.2) is 0 Å². The van der Waals surface area contributed by atoms with Gasteiger partial charge in [-0.2, -0.15) is 0 Å². The molecule has 6 nitrogen and oxygen atoms in total. The second-order valence-corrected chi connectivity index (χ2v) is 5.05. The highest BCUT2D eigenvalue weighted by molar-refractivity contribution is 7.09. The van der Waals surface area contributed by atoms with Gasteiger partial charge in [0.25, 0.3) is 0 Å². The Balaban J connectivity index is 2.04. The van der Waals surface area contributed by atoms with Gasteiger partial charge in [0, 0.05) is 11.1 Å². The van der Waals surface area contributed by atoms with Crippen LogP contribution >= 0.6 is 11.3 Å². The lowest BCUT2D eigenvalue weighted by Crippen LogP contribution is -2.28. The van der Waals surface area contributed by atoms with Gasteiger partial charge in [0.2, 0.25) is 0 Å². The van der Waals surface area contributed by atoms with E-state index in [1.54, 1.807) is 36.8 Å². The van der Waals surface area contributed by atoms with Crippen molar-refractivity contribution in [1.29, 1.82) is 0 Å². The zero-order valence-electron chi connectivity index (χ0n) is 10.7. The van der Waals surface area contributed by atoms with E-state index in [0.717, 1.165) is 4.88 Å². The molecule has 0 atom stereocenters. The van der Waals surface area contributed by atoms with Gasteiger partial charge in [-0.15, -0.1) is 11.3 Å². The quantitative estimate of drug-likeness (QED) is 0.807. The normalized spacial score (nSPS) is 10.1. The standard InChI is InChI=1S/C13H13N3O3S/c1-8-3-2-4-10(11(8)12(17)18)16-13(19)15-6-9-5-14-7-20-9/h2-5,7H,6H2,1H3,(H,17,18)(H2,15,16,19). The fourth-order valence-corrected chi connectivity index (χ4v) is 2.25. The Morgan fingerprint density at radius 2 is 2.20 bits per heavy atom. The summed E-state index contributed by atoms with van der Waals surface area (Å²) in [6.45, 7) is 2.04. The van der Waals surface area contributed by atoms with Crippen LogP contribution in [0.3, 0.4) is 0 Å². The molecule has 0 fully saturated rings. The number of aromatic nitrogens is 1. The second-order valence-electron chi connectivity index (χ2n) is 4.08. The number of rotatable bonds is 4. The molecule has 0 aliphatic heterocycles. The van der Waals surface area contributed by atoms with E-state index in [-0.39, 0.29) is 11.3 Å². The van der Waals surface area contributed by atoms with Crippen molar-refractivity contribution in [3.8, 4) is 0 Å². The lowest BCUT2D eigenvalue weighted by molar-refractivity contribution is 0.0697. The number of anilines is 1. The zero-order chi connectivity index (χ0) is 14.5. The van der Waals surface area contributed by atoms with Crippen molar-refractivity contribution in [3.05, 3.63) is 45.9 Å². The summed E-state index contributed by atoms with van der Waals surface area (Å²) in [7, 11) is 0. The number of amides is 2. The summed E-state index contributed by atoms with van der Waals surface area (Å²) in [5, 5.41) is 14.4. The molecule has 1 aromatic heterocycles. The molecule has 1 heterocycles. The van der Waals surface area contributed by atoms with Crippen molar-refractivity contribution >= 4 is 29.0 Å². The highest BCUT2D eigenvalue weighted by Gasteiger charge is 2.14. The third kappa shape index (κ3) is 3.33. The van der Waals surface area contributed by atoms with Crippen LogP contribution in [-0.4, -0.2) is 22.1 Å². The lowest BCUT2D eigenvalue weighted by atomic mass is 10.1. The first-order valence-electron chi connectivity index (χ1n) is 5.83. The predicted molar refractivity (Wildman–Crippen MR) is 76.1 cm³/mol. The number of aryl methyl sites for hydroxylation is 1. The van der Waals surface area contributed by atoms with Gasteiger partial charge < -0.3 is 15.7 Å². The molecule has 7 heteroatoms. The molecule has 0 aliphatic carbocycles. The van der Waals surface area contributed by atoms with Gasteiger partial charge in [0.05, 0.1) is 23.3 Å². The predicted octanol–water partition coefficient (Wildman–Crippen LogP) is 2.47. The smallest absolute Gasteiger partial charge is 0.338 e. The first kappa shape index (κ1) is 14.0. The SMILES string of the molecule is Cc1cccc(NC(=O)NCc2cncs2)c1C(=O)O. The van der Waals surface area contributed by atoms with E-state index in [4.69, 9.17) is 5.11 Å². The average Bonchev–Trinajstić information content (AvgIpc) is 2.89. The molecule has 1 aromatic carbocycles. The third-order valence-corrected chi connectivity index (χ3v) is 3.42. The molecule has 104 valence electrons. The number of carboxylic acids is 1. The Bertz CT molecular complexity index is 626. The van der Waals surface area contributed by atoms with Gasteiger partial charge >= 0.3 is 12.0 Å². The van der Waals surface area contributed by atoms with Gasteiger partial charge in [-0.1, -0.05) is 12.1 Å². The van der Waals surface area contributed by atoms with E-state index < -0.39 is 12.0 Å². The lowest BCUT2D eigenvalue weighted by Gasteiger charge is -2.11. The van der Waals surface area contributed by atoms with Crippen molar-refractivity contribution in [2.24, 2.45) is 0 Å². The molecular weight excluding hydrogens is 278 g/mol. The van der Waals surface area contributed by atoms with Crippen LogP contribution in [0.4, 0.5) is 10.5 Å². The number of benzene rings is 1. The summed E-state index contributed by atoms with van der Waals surface area (Å²) < 4.78 is 0. The maximum absolute atomic E-state index is 11.8. The van der Waals surface area contributed by atoms with Crippen LogP contribution in [0.5, 0.6) is 0 Å². The molecular formula is C13H13N3O3S. The van der Waals surface area contributed by atoms with Gasteiger partial charge in [0.1, 0.15) is 0 Å². The van der Waals surface area contributed by atoms with Crippen LogP contribution < -0.4 is 10.6 Å². The summed E-state index contributed by atoms with van der Waals surface area (Å²) in [6, 6.07) is 4.49. The zero-order valence-corrected chi connectivity index (χ0v) is 11.5. The Hall–Kier alpha value is -2.41. The second kappa shape index (κ2) is 6.16. The average molecular weight is 291 g/mol.